The van der Waals surface area contributed by atoms with Crippen LogP contribution < -0.4 is 0 Å². The monoisotopic (exact) mass is 862 g/mol. The normalized spacial score (nSPS) is 11.5. The van der Waals surface area contributed by atoms with Gasteiger partial charge in [0.15, 0.2) is 5.82 Å². The predicted octanol–water partition coefficient (Wildman–Crippen LogP) is 17.9. The fraction of sp³-hybridized carbons (Fsp3) is 0. The van der Waals surface area contributed by atoms with E-state index in [1.54, 1.807) is 0 Å². The molecule has 0 N–H and O–H groups in total. The number of rotatable bonds is 7. The Balaban J connectivity index is 0.916. The summed E-state index contributed by atoms with van der Waals surface area (Å²) in [5, 5.41) is 12.3. The number of hydrogen-bond acceptors (Lipinski definition) is 2. The maximum Gasteiger partial charge on any atom is 0.160 e. The average molecular weight is 863 g/mol. The van der Waals surface area contributed by atoms with Crippen molar-refractivity contribution >= 4 is 53.9 Å². The Hall–Kier alpha value is -8.98. The van der Waals surface area contributed by atoms with Gasteiger partial charge in [0, 0.05) is 16.7 Å². The lowest BCUT2D eigenvalue weighted by Crippen LogP contribution is -1.97. The van der Waals surface area contributed by atoms with Crippen molar-refractivity contribution in [2.75, 3.05) is 0 Å². The molecule has 316 valence electrons. The quantitative estimate of drug-likeness (QED) is 0.118. The third-order valence-electron chi connectivity index (χ3n) is 13.7. The average Bonchev–Trinajstić information content (AvgIpc) is 3.42. The first-order chi connectivity index (χ1) is 33.7. The van der Waals surface area contributed by atoms with Gasteiger partial charge in [-0.25, -0.2) is 9.97 Å². The molecule has 13 aromatic rings. The van der Waals surface area contributed by atoms with Crippen molar-refractivity contribution in [2.24, 2.45) is 0 Å². The van der Waals surface area contributed by atoms with Gasteiger partial charge in [0.25, 0.3) is 0 Å². The molecule has 13 rings (SSSR count). The van der Waals surface area contributed by atoms with Crippen molar-refractivity contribution < 1.29 is 0 Å². The second kappa shape index (κ2) is 16.5. The van der Waals surface area contributed by atoms with Crippen LogP contribution in [0.5, 0.6) is 0 Å². The van der Waals surface area contributed by atoms with Crippen LogP contribution >= 0.6 is 0 Å². The van der Waals surface area contributed by atoms with Crippen molar-refractivity contribution in [3.63, 3.8) is 0 Å². The van der Waals surface area contributed by atoms with Crippen molar-refractivity contribution in [3.05, 3.63) is 255 Å². The van der Waals surface area contributed by atoms with Crippen molar-refractivity contribution in [3.8, 4) is 78.4 Å². The van der Waals surface area contributed by atoms with Gasteiger partial charge in [-0.1, -0.05) is 243 Å². The molecule has 0 fully saturated rings. The molecule has 0 saturated heterocycles. The zero-order chi connectivity index (χ0) is 45.0. The molecule has 2 nitrogen and oxygen atoms in total. The van der Waals surface area contributed by atoms with Crippen LogP contribution in [-0.2, 0) is 0 Å². The summed E-state index contributed by atoms with van der Waals surface area (Å²) in [5.74, 6) is 0.699. The number of nitrogens with zero attached hydrogens (tertiary/aromatic N) is 2. The molecule has 1 aromatic heterocycles. The zero-order valence-electron chi connectivity index (χ0n) is 37.1. The van der Waals surface area contributed by atoms with Crippen LogP contribution in [-0.4, -0.2) is 9.97 Å². The third kappa shape index (κ3) is 6.82. The summed E-state index contributed by atoms with van der Waals surface area (Å²) >= 11 is 0. The van der Waals surface area contributed by atoms with Crippen LogP contribution in [0.25, 0.3) is 132 Å². The first kappa shape index (κ1) is 39.4. The van der Waals surface area contributed by atoms with Crippen molar-refractivity contribution in [1.82, 2.24) is 9.97 Å². The molecule has 0 amide bonds. The van der Waals surface area contributed by atoms with Gasteiger partial charge in [-0.3, -0.25) is 0 Å². The van der Waals surface area contributed by atoms with Crippen LogP contribution in [0.4, 0.5) is 0 Å². The van der Waals surface area contributed by atoms with E-state index < -0.39 is 0 Å². The largest absolute Gasteiger partial charge is 0.228 e. The van der Waals surface area contributed by atoms with Gasteiger partial charge in [-0.15, -0.1) is 0 Å². The fourth-order valence-electron chi connectivity index (χ4n) is 10.4. The highest BCUT2D eigenvalue weighted by molar-refractivity contribution is 6.28. The van der Waals surface area contributed by atoms with Gasteiger partial charge in [-0.05, 0) is 111 Å². The van der Waals surface area contributed by atoms with Crippen molar-refractivity contribution in [2.45, 2.75) is 0 Å². The lowest BCUT2D eigenvalue weighted by atomic mass is 9.83. The first-order valence-electron chi connectivity index (χ1n) is 23.3. The highest BCUT2D eigenvalue weighted by Crippen LogP contribution is 2.47. The standard InChI is InChI=1S/C66H42N2/c1-3-17-48(18-4-1)64-59-26-14-13-25-58(59)63(60-38-37-45-16-9-10-22-54(45)65(60)64)49-34-30-46(31-35-49)53-39-40-57(56-24-12-11-23-55(53)56)62-42-61(67-66(68-62)50-19-5-2-6-20-50)47-32-27-44(28-33-47)52-36-29-43-15-7-8-21-51(43)41-52/h1-42H. The number of fused-ring (bicyclic) bond motifs is 6. The van der Waals surface area contributed by atoms with E-state index in [-0.39, 0.29) is 0 Å². The van der Waals surface area contributed by atoms with E-state index in [0.29, 0.717) is 5.82 Å². The van der Waals surface area contributed by atoms with E-state index in [0.717, 1.165) is 39.0 Å². The van der Waals surface area contributed by atoms with E-state index in [4.69, 9.17) is 9.97 Å². The molecule has 0 aliphatic heterocycles. The molecule has 68 heavy (non-hydrogen) atoms. The molecule has 12 aromatic carbocycles. The summed E-state index contributed by atoms with van der Waals surface area (Å²) < 4.78 is 0. The van der Waals surface area contributed by atoms with Gasteiger partial charge < -0.3 is 0 Å². The van der Waals surface area contributed by atoms with Crippen LogP contribution in [0.3, 0.4) is 0 Å². The molecule has 0 radical (unpaired) electrons. The number of benzene rings is 12. The van der Waals surface area contributed by atoms with Crippen LogP contribution in [0, 0.1) is 0 Å². The number of hydrogen-bond donors (Lipinski definition) is 0. The fourth-order valence-corrected chi connectivity index (χ4v) is 10.4. The Morgan fingerprint density at radius 3 is 1.44 bits per heavy atom. The SMILES string of the molecule is c1ccc(-c2nc(-c3ccc(-c4ccc5ccccc5c4)cc3)cc(-c3ccc(-c4ccc(-c5c6ccccc6c(-c6ccccc6)c6c5ccc5ccccc56)cc4)c4ccccc34)n2)cc1. The Labute approximate surface area is 395 Å². The van der Waals surface area contributed by atoms with E-state index in [1.807, 2.05) is 18.2 Å². The summed E-state index contributed by atoms with van der Waals surface area (Å²) in [6, 6.07) is 92.0. The van der Waals surface area contributed by atoms with E-state index in [1.165, 1.54) is 87.4 Å². The minimum absolute atomic E-state index is 0.699. The Bertz CT molecular complexity index is 4040. The second-order valence-corrected chi connectivity index (χ2v) is 17.6. The lowest BCUT2D eigenvalue weighted by Gasteiger charge is -2.19. The molecule has 0 aliphatic carbocycles. The highest BCUT2D eigenvalue weighted by atomic mass is 14.9. The molecule has 1 heterocycles. The van der Waals surface area contributed by atoms with Gasteiger partial charge in [0.2, 0.25) is 0 Å². The smallest absolute Gasteiger partial charge is 0.160 e. The lowest BCUT2D eigenvalue weighted by molar-refractivity contribution is 1.18. The highest BCUT2D eigenvalue weighted by Gasteiger charge is 2.20. The van der Waals surface area contributed by atoms with Gasteiger partial charge in [0.1, 0.15) is 0 Å². The molecule has 0 saturated carbocycles. The third-order valence-corrected chi connectivity index (χ3v) is 13.7. The van der Waals surface area contributed by atoms with Crippen molar-refractivity contribution in [1.29, 1.82) is 0 Å². The minimum atomic E-state index is 0.699. The van der Waals surface area contributed by atoms with Gasteiger partial charge in [0.05, 0.1) is 11.4 Å². The Morgan fingerprint density at radius 1 is 0.221 bits per heavy atom. The summed E-state index contributed by atoms with van der Waals surface area (Å²) in [4.78, 5) is 10.5. The molecular formula is C66H42N2. The zero-order valence-corrected chi connectivity index (χ0v) is 37.1. The molecule has 0 unspecified atom stereocenters. The first-order valence-corrected chi connectivity index (χ1v) is 23.3. The Morgan fingerprint density at radius 2 is 0.706 bits per heavy atom. The summed E-state index contributed by atoms with van der Waals surface area (Å²) in [7, 11) is 0. The predicted molar refractivity (Wildman–Crippen MR) is 288 cm³/mol. The van der Waals surface area contributed by atoms with Crippen LogP contribution in [0.2, 0.25) is 0 Å². The summed E-state index contributed by atoms with van der Waals surface area (Å²) in [6.07, 6.45) is 0. The van der Waals surface area contributed by atoms with E-state index in [9.17, 15) is 0 Å². The second-order valence-electron chi connectivity index (χ2n) is 17.6. The maximum absolute atomic E-state index is 5.27. The molecule has 0 bridgehead atoms. The molecule has 0 aliphatic rings. The number of aromatic nitrogens is 2. The van der Waals surface area contributed by atoms with Gasteiger partial charge >= 0.3 is 0 Å². The van der Waals surface area contributed by atoms with Crippen LogP contribution in [0.15, 0.2) is 255 Å². The Kier molecular flexibility index (Phi) is 9.54. The summed E-state index contributed by atoms with van der Waals surface area (Å²) in [6.45, 7) is 0. The molecular weight excluding hydrogens is 821 g/mol. The van der Waals surface area contributed by atoms with Crippen LogP contribution in [0.1, 0.15) is 0 Å². The molecule has 0 atom stereocenters. The maximum atomic E-state index is 5.27. The van der Waals surface area contributed by atoms with Gasteiger partial charge in [-0.2, -0.15) is 0 Å². The minimum Gasteiger partial charge on any atom is -0.228 e. The molecule has 2 heteroatoms. The topological polar surface area (TPSA) is 25.8 Å². The van der Waals surface area contributed by atoms with E-state index in [2.05, 4.69) is 237 Å². The summed E-state index contributed by atoms with van der Waals surface area (Å²) in [5.41, 5.74) is 14.5. The van der Waals surface area contributed by atoms with E-state index >= 15 is 0 Å². The molecule has 0 spiro atoms.